The quantitative estimate of drug-likeness (QED) is 0.884. The number of ether oxygens (including phenoxy) is 1. The SMILES string of the molecule is NC(c1cn(CC2(O)CCOCC2)nn1)c1ccc(Cl)cc1F. The molecule has 0 saturated carbocycles. The molecule has 0 amide bonds. The first-order valence-corrected chi connectivity index (χ1v) is 7.75. The Morgan fingerprint density at radius 3 is 2.87 bits per heavy atom. The van der Waals surface area contributed by atoms with Gasteiger partial charge in [-0.2, -0.15) is 0 Å². The number of halogens is 2. The first-order chi connectivity index (χ1) is 11.0. The molecule has 1 aromatic carbocycles. The zero-order valence-electron chi connectivity index (χ0n) is 12.5. The van der Waals surface area contributed by atoms with E-state index in [4.69, 9.17) is 22.1 Å². The third kappa shape index (κ3) is 3.69. The Labute approximate surface area is 138 Å². The first-order valence-electron chi connectivity index (χ1n) is 7.38. The summed E-state index contributed by atoms with van der Waals surface area (Å²) < 4.78 is 20.7. The van der Waals surface area contributed by atoms with Crippen LogP contribution < -0.4 is 5.73 Å². The standard InChI is InChI=1S/C15H18ClFN4O2/c16-10-1-2-11(12(17)7-10)14(18)13-8-21(20-19-13)9-15(22)3-5-23-6-4-15/h1-2,7-8,14,22H,3-6,9,18H2. The van der Waals surface area contributed by atoms with E-state index in [1.165, 1.54) is 16.8 Å². The molecular weight excluding hydrogens is 323 g/mol. The lowest BCUT2D eigenvalue weighted by molar-refractivity contribution is -0.0747. The summed E-state index contributed by atoms with van der Waals surface area (Å²) in [7, 11) is 0. The van der Waals surface area contributed by atoms with Crippen LogP contribution in [0.5, 0.6) is 0 Å². The minimum Gasteiger partial charge on any atom is -0.388 e. The highest BCUT2D eigenvalue weighted by molar-refractivity contribution is 6.30. The average Bonchev–Trinajstić information content (AvgIpc) is 2.95. The van der Waals surface area contributed by atoms with Gasteiger partial charge in [0.2, 0.25) is 0 Å². The Hall–Kier alpha value is -1.54. The molecule has 1 aromatic heterocycles. The van der Waals surface area contributed by atoms with Crippen LogP contribution in [0.15, 0.2) is 24.4 Å². The van der Waals surface area contributed by atoms with E-state index < -0.39 is 17.5 Å². The van der Waals surface area contributed by atoms with Crippen LogP contribution in [0.2, 0.25) is 5.02 Å². The summed E-state index contributed by atoms with van der Waals surface area (Å²) in [6, 6.07) is 3.58. The van der Waals surface area contributed by atoms with Crippen molar-refractivity contribution in [2.45, 2.75) is 31.0 Å². The van der Waals surface area contributed by atoms with Crippen molar-refractivity contribution in [2.75, 3.05) is 13.2 Å². The van der Waals surface area contributed by atoms with Gasteiger partial charge in [0.25, 0.3) is 0 Å². The smallest absolute Gasteiger partial charge is 0.129 e. The number of nitrogens with two attached hydrogens (primary N) is 1. The Kier molecular flexibility index (Phi) is 4.63. The molecule has 3 rings (SSSR count). The number of hydrogen-bond donors (Lipinski definition) is 2. The number of aliphatic hydroxyl groups is 1. The van der Waals surface area contributed by atoms with E-state index in [0.29, 0.717) is 48.9 Å². The monoisotopic (exact) mass is 340 g/mol. The molecule has 124 valence electrons. The third-order valence-electron chi connectivity index (χ3n) is 4.05. The molecule has 6 nitrogen and oxygen atoms in total. The van der Waals surface area contributed by atoms with Crippen molar-refractivity contribution in [1.29, 1.82) is 0 Å². The van der Waals surface area contributed by atoms with Crippen LogP contribution in [-0.4, -0.2) is 38.9 Å². The Balaban J connectivity index is 1.75. The van der Waals surface area contributed by atoms with Crippen LogP contribution >= 0.6 is 11.6 Å². The van der Waals surface area contributed by atoms with Crippen molar-refractivity contribution in [3.63, 3.8) is 0 Å². The minimum absolute atomic E-state index is 0.297. The van der Waals surface area contributed by atoms with Crippen LogP contribution in [0.4, 0.5) is 4.39 Å². The molecule has 1 aliphatic heterocycles. The Morgan fingerprint density at radius 1 is 1.43 bits per heavy atom. The van der Waals surface area contributed by atoms with Gasteiger partial charge in [-0.25, -0.2) is 9.07 Å². The highest BCUT2D eigenvalue weighted by Gasteiger charge is 2.31. The average molecular weight is 341 g/mol. The van der Waals surface area contributed by atoms with Gasteiger partial charge in [0.05, 0.1) is 24.4 Å². The van der Waals surface area contributed by atoms with Gasteiger partial charge in [-0.1, -0.05) is 22.9 Å². The molecular formula is C15H18ClFN4O2. The lowest BCUT2D eigenvalue weighted by atomic mass is 9.94. The number of nitrogens with zero attached hydrogens (tertiary/aromatic N) is 3. The van der Waals surface area contributed by atoms with E-state index in [1.54, 1.807) is 12.3 Å². The highest BCUT2D eigenvalue weighted by atomic mass is 35.5. The predicted octanol–water partition coefficient (Wildman–Crippen LogP) is 1.66. The van der Waals surface area contributed by atoms with Crippen LogP contribution in [0, 0.1) is 5.82 Å². The highest BCUT2D eigenvalue weighted by Crippen LogP contribution is 2.25. The zero-order valence-corrected chi connectivity index (χ0v) is 13.2. The van der Waals surface area contributed by atoms with Gasteiger partial charge >= 0.3 is 0 Å². The third-order valence-corrected chi connectivity index (χ3v) is 4.29. The van der Waals surface area contributed by atoms with E-state index in [9.17, 15) is 9.50 Å². The molecule has 0 spiro atoms. The predicted molar refractivity (Wildman–Crippen MR) is 82.5 cm³/mol. The first kappa shape index (κ1) is 16.3. The normalized spacial score (nSPS) is 18.8. The van der Waals surface area contributed by atoms with E-state index in [-0.39, 0.29) is 0 Å². The van der Waals surface area contributed by atoms with E-state index in [0.717, 1.165) is 0 Å². The second-order valence-electron chi connectivity index (χ2n) is 5.82. The van der Waals surface area contributed by atoms with Crippen molar-refractivity contribution >= 4 is 11.6 Å². The van der Waals surface area contributed by atoms with Gasteiger partial charge in [-0.15, -0.1) is 5.10 Å². The number of hydrogen-bond acceptors (Lipinski definition) is 5. The molecule has 2 aromatic rings. The van der Waals surface area contributed by atoms with Crippen molar-refractivity contribution in [3.8, 4) is 0 Å². The maximum atomic E-state index is 14.0. The number of aromatic nitrogens is 3. The number of rotatable bonds is 4. The molecule has 1 saturated heterocycles. The van der Waals surface area contributed by atoms with Gasteiger partial charge < -0.3 is 15.6 Å². The Bertz CT molecular complexity index is 688. The van der Waals surface area contributed by atoms with E-state index in [2.05, 4.69) is 10.3 Å². The lowest BCUT2D eigenvalue weighted by Crippen LogP contribution is -2.40. The van der Waals surface area contributed by atoms with E-state index >= 15 is 0 Å². The summed E-state index contributed by atoms with van der Waals surface area (Å²) >= 11 is 5.74. The summed E-state index contributed by atoms with van der Waals surface area (Å²) in [6.45, 7) is 1.35. The molecule has 1 fully saturated rings. The van der Waals surface area contributed by atoms with Crippen LogP contribution in [0.3, 0.4) is 0 Å². The summed E-state index contributed by atoms with van der Waals surface area (Å²) in [6.07, 6.45) is 2.71. The van der Waals surface area contributed by atoms with Crippen molar-refractivity contribution in [2.24, 2.45) is 5.73 Å². The number of benzene rings is 1. The van der Waals surface area contributed by atoms with Gasteiger partial charge in [0, 0.05) is 36.6 Å². The van der Waals surface area contributed by atoms with Gasteiger partial charge in [0.15, 0.2) is 0 Å². The summed E-state index contributed by atoms with van der Waals surface area (Å²) in [5.74, 6) is -0.484. The molecule has 1 atom stereocenters. The summed E-state index contributed by atoms with van der Waals surface area (Å²) in [4.78, 5) is 0. The minimum atomic E-state index is -0.862. The lowest BCUT2D eigenvalue weighted by Gasteiger charge is -2.31. The van der Waals surface area contributed by atoms with Gasteiger partial charge in [-0.05, 0) is 12.1 Å². The molecule has 0 bridgehead atoms. The fourth-order valence-corrected chi connectivity index (χ4v) is 2.82. The van der Waals surface area contributed by atoms with Crippen LogP contribution in [0.25, 0.3) is 0 Å². The van der Waals surface area contributed by atoms with Gasteiger partial charge in [0.1, 0.15) is 11.5 Å². The molecule has 0 aliphatic carbocycles. The Morgan fingerprint density at radius 2 is 2.17 bits per heavy atom. The fourth-order valence-electron chi connectivity index (χ4n) is 2.66. The molecule has 3 N–H and O–H groups in total. The fraction of sp³-hybridized carbons (Fsp3) is 0.467. The molecule has 0 radical (unpaired) electrons. The maximum Gasteiger partial charge on any atom is 0.129 e. The molecule has 8 heteroatoms. The molecule has 1 aliphatic rings. The zero-order chi connectivity index (χ0) is 16.4. The van der Waals surface area contributed by atoms with Crippen LogP contribution in [0.1, 0.15) is 30.1 Å². The van der Waals surface area contributed by atoms with E-state index in [1.807, 2.05) is 0 Å². The van der Waals surface area contributed by atoms with Gasteiger partial charge in [-0.3, -0.25) is 0 Å². The summed E-state index contributed by atoms with van der Waals surface area (Å²) in [5.41, 5.74) is 5.93. The topological polar surface area (TPSA) is 86.2 Å². The molecule has 1 unspecified atom stereocenters. The largest absolute Gasteiger partial charge is 0.388 e. The molecule has 2 heterocycles. The van der Waals surface area contributed by atoms with Crippen molar-refractivity contribution in [1.82, 2.24) is 15.0 Å². The summed E-state index contributed by atoms with van der Waals surface area (Å²) in [5, 5.41) is 18.8. The van der Waals surface area contributed by atoms with Crippen LogP contribution in [-0.2, 0) is 11.3 Å². The molecule has 23 heavy (non-hydrogen) atoms. The maximum absolute atomic E-state index is 14.0. The second-order valence-corrected chi connectivity index (χ2v) is 6.26. The second kappa shape index (κ2) is 6.52. The van der Waals surface area contributed by atoms with Crippen molar-refractivity contribution < 1.29 is 14.2 Å². The van der Waals surface area contributed by atoms with Crippen molar-refractivity contribution in [3.05, 3.63) is 46.5 Å².